The Hall–Kier alpha value is -1.82. The molecule has 0 radical (unpaired) electrons. The summed E-state index contributed by atoms with van der Waals surface area (Å²) in [6.07, 6.45) is 1.91. The highest BCUT2D eigenvalue weighted by atomic mass is 35.5. The number of carboxylic acid groups (broad SMARTS) is 1. The van der Waals surface area contributed by atoms with E-state index >= 15 is 0 Å². The fraction of sp³-hybridized carbons (Fsp3) is 0.200. The minimum absolute atomic E-state index is 0.00349. The molecule has 5 nitrogen and oxygen atoms in total. The van der Waals surface area contributed by atoms with Crippen molar-refractivity contribution in [3.63, 3.8) is 0 Å². The van der Waals surface area contributed by atoms with Crippen LogP contribution in [0.25, 0.3) is 0 Å². The fourth-order valence-corrected chi connectivity index (χ4v) is 1.91. The van der Waals surface area contributed by atoms with Gasteiger partial charge in [0.25, 0.3) is 5.78 Å². The van der Waals surface area contributed by atoms with Gasteiger partial charge < -0.3 is 5.11 Å². The first-order valence-corrected chi connectivity index (χ1v) is 4.93. The summed E-state index contributed by atoms with van der Waals surface area (Å²) in [4.78, 5) is 29.6. The Labute approximate surface area is 100.0 Å². The van der Waals surface area contributed by atoms with Crippen LogP contribution in [0, 0.1) is 5.82 Å². The summed E-state index contributed by atoms with van der Waals surface area (Å²) >= 11 is 5.70. The Kier molecular flexibility index (Phi) is 2.46. The summed E-state index contributed by atoms with van der Waals surface area (Å²) in [7, 11) is 0. The molecule has 0 spiro atoms. The van der Waals surface area contributed by atoms with Crippen molar-refractivity contribution in [1.29, 1.82) is 0 Å². The summed E-state index contributed by atoms with van der Waals surface area (Å²) in [5.74, 6) is -3.63. The van der Waals surface area contributed by atoms with Crippen molar-refractivity contribution in [2.75, 3.05) is 0 Å². The fourth-order valence-electron chi connectivity index (χ4n) is 1.72. The molecule has 1 aromatic heterocycles. The molecule has 1 N–H and O–H groups in total. The highest BCUT2D eigenvalue weighted by molar-refractivity contribution is 6.41. The van der Waals surface area contributed by atoms with E-state index < -0.39 is 23.0 Å². The Morgan fingerprint density at radius 2 is 2.18 bits per heavy atom. The molecule has 2 rings (SSSR count). The topological polar surface area (TPSA) is 79.6 Å². The lowest BCUT2D eigenvalue weighted by atomic mass is 9.81. The highest BCUT2D eigenvalue weighted by Crippen LogP contribution is 2.42. The number of Topliss-reactive ketones (excluding diaryl/α,β-unsaturated/α-hetero) is 1. The van der Waals surface area contributed by atoms with Crippen molar-refractivity contribution in [2.24, 2.45) is 4.99 Å². The molecular weight excluding hydrogens is 251 g/mol. The van der Waals surface area contributed by atoms with Gasteiger partial charge in [-0.05, 0) is 6.92 Å². The van der Waals surface area contributed by atoms with Crippen LogP contribution in [-0.2, 0) is 15.0 Å². The van der Waals surface area contributed by atoms with Crippen LogP contribution in [0.5, 0.6) is 0 Å². The van der Waals surface area contributed by atoms with Gasteiger partial charge in [-0.25, -0.2) is 14.2 Å². The van der Waals surface area contributed by atoms with Gasteiger partial charge in [-0.2, -0.15) is 0 Å². The number of nitrogens with zero attached hydrogens (tertiary/aromatic N) is 2. The number of aliphatic imine (C=N–C) groups is 1. The van der Waals surface area contributed by atoms with Gasteiger partial charge in [-0.3, -0.25) is 9.79 Å². The first kappa shape index (κ1) is 11.7. The van der Waals surface area contributed by atoms with Crippen molar-refractivity contribution in [3.8, 4) is 0 Å². The van der Waals surface area contributed by atoms with Crippen molar-refractivity contribution in [3.05, 3.63) is 22.7 Å². The quantitative estimate of drug-likeness (QED) is 0.642. The van der Waals surface area contributed by atoms with Gasteiger partial charge in [0.2, 0.25) is 0 Å². The van der Waals surface area contributed by atoms with Crippen LogP contribution in [0.2, 0.25) is 5.15 Å². The van der Waals surface area contributed by atoms with Crippen molar-refractivity contribution in [1.82, 2.24) is 4.98 Å². The van der Waals surface area contributed by atoms with Gasteiger partial charge in [0, 0.05) is 11.8 Å². The van der Waals surface area contributed by atoms with Crippen LogP contribution in [-0.4, -0.2) is 28.1 Å². The zero-order valence-electron chi connectivity index (χ0n) is 8.57. The molecule has 1 aliphatic heterocycles. The van der Waals surface area contributed by atoms with E-state index in [1.807, 2.05) is 0 Å². The second kappa shape index (κ2) is 3.59. The van der Waals surface area contributed by atoms with Crippen molar-refractivity contribution >= 4 is 35.3 Å². The molecule has 0 fully saturated rings. The number of aromatic nitrogens is 1. The number of pyridine rings is 1. The second-order valence-corrected chi connectivity index (χ2v) is 4.07. The van der Waals surface area contributed by atoms with Crippen LogP contribution in [0.4, 0.5) is 10.1 Å². The molecule has 88 valence electrons. The maximum absolute atomic E-state index is 13.6. The second-order valence-electron chi connectivity index (χ2n) is 3.72. The molecule has 1 aromatic rings. The zero-order valence-corrected chi connectivity index (χ0v) is 9.32. The molecule has 0 aromatic carbocycles. The molecule has 0 bridgehead atoms. The Morgan fingerprint density at radius 1 is 1.53 bits per heavy atom. The number of hydrogen-bond donors (Lipinski definition) is 1. The number of carbonyl (C=O) groups excluding carboxylic acids is 1. The highest BCUT2D eigenvalue weighted by Gasteiger charge is 2.45. The lowest BCUT2D eigenvalue weighted by Gasteiger charge is -2.18. The lowest BCUT2D eigenvalue weighted by molar-refractivity contribution is -0.150. The lowest BCUT2D eigenvalue weighted by Crippen LogP contribution is -2.38. The molecule has 17 heavy (non-hydrogen) atoms. The van der Waals surface area contributed by atoms with Gasteiger partial charge in [-0.15, -0.1) is 0 Å². The summed E-state index contributed by atoms with van der Waals surface area (Å²) < 4.78 is 13.6. The molecule has 0 saturated carbocycles. The third-order valence-electron chi connectivity index (χ3n) is 2.60. The van der Waals surface area contributed by atoms with Gasteiger partial charge >= 0.3 is 5.97 Å². The standard InChI is InChI=1S/C10H6ClFN2O3/c1-10(7(15)9(16)17)3-14-6-5(10)4(12)2-13-8(6)11/h2-3H,1H3,(H,16,17). The molecule has 1 atom stereocenters. The van der Waals surface area contributed by atoms with E-state index in [1.165, 1.54) is 6.92 Å². The predicted octanol–water partition coefficient (Wildman–Crippen LogP) is 1.50. The van der Waals surface area contributed by atoms with Crippen LogP contribution < -0.4 is 0 Å². The number of carboxylic acids is 1. The Balaban J connectivity index is 2.68. The van der Waals surface area contributed by atoms with Crippen LogP contribution in [0.15, 0.2) is 11.2 Å². The maximum Gasteiger partial charge on any atom is 0.373 e. The zero-order chi connectivity index (χ0) is 12.8. The average molecular weight is 257 g/mol. The number of carbonyl (C=O) groups is 2. The van der Waals surface area contributed by atoms with Crippen LogP contribution in [0.1, 0.15) is 12.5 Å². The normalized spacial score (nSPS) is 21.4. The number of halogens is 2. The Morgan fingerprint density at radius 3 is 2.76 bits per heavy atom. The van der Waals surface area contributed by atoms with E-state index in [2.05, 4.69) is 9.98 Å². The van der Waals surface area contributed by atoms with Crippen LogP contribution >= 0.6 is 11.6 Å². The molecule has 7 heteroatoms. The Bertz CT molecular complexity index is 573. The van der Waals surface area contributed by atoms with E-state index in [4.69, 9.17) is 16.7 Å². The van der Waals surface area contributed by atoms with Gasteiger partial charge in [0.1, 0.15) is 16.9 Å². The molecule has 0 amide bonds. The maximum atomic E-state index is 13.6. The number of ketones is 1. The molecule has 0 saturated heterocycles. The van der Waals surface area contributed by atoms with E-state index in [0.29, 0.717) is 0 Å². The molecule has 1 unspecified atom stereocenters. The molecular formula is C10H6ClFN2O3. The van der Waals surface area contributed by atoms with Gasteiger partial charge in [0.15, 0.2) is 5.15 Å². The minimum Gasteiger partial charge on any atom is -0.475 e. The van der Waals surface area contributed by atoms with E-state index in [9.17, 15) is 14.0 Å². The summed E-state index contributed by atoms with van der Waals surface area (Å²) in [6.45, 7) is 1.28. The predicted molar refractivity (Wildman–Crippen MR) is 57.4 cm³/mol. The number of rotatable bonds is 2. The van der Waals surface area contributed by atoms with Gasteiger partial charge in [0.05, 0.1) is 6.20 Å². The summed E-state index contributed by atoms with van der Waals surface area (Å²) in [5.41, 5.74) is -1.79. The van der Waals surface area contributed by atoms with E-state index in [1.54, 1.807) is 0 Å². The number of hydrogen-bond acceptors (Lipinski definition) is 4. The van der Waals surface area contributed by atoms with Crippen molar-refractivity contribution in [2.45, 2.75) is 12.3 Å². The average Bonchev–Trinajstić information content (AvgIpc) is 2.63. The first-order chi connectivity index (χ1) is 7.88. The monoisotopic (exact) mass is 256 g/mol. The van der Waals surface area contributed by atoms with E-state index in [0.717, 1.165) is 12.4 Å². The van der Waals surface area contributed by atoms with E-state index in [-0.39, 0.29) is 16.4 Å². The largest absolute Gasteiger partial charge is 0.475 e. The first-order valence-electron chi connectivity index (χ1n) is 4.55. The molecule has 2 heterocycles. The van der Waals surface area contributed by atoms with Crippen LogP contribution in [0.3, 0.4) is 0 Å². The molecule has 0 aliphatic carbocycles. The minimum atomic E-state index is -1.65. The number of aliphatic carboxylic acids is 1. The SMILES string of the molecule is CC1(C(=O)C(=O)O)C=Nc2c(Cl)ncc(F)c21. The summed E-state index contributed by atoms with van der Waals surface area (Å²) in [6, 6.07) is 0. The van der Waals surface area contributed by atoms with Gasteiger partial charge in [-0.1, -0.05) is 11.6 Å². The number of fused-ring (bicyclic) bond motifs is 1. The third-order valence-corrected chi connectivity index (χ3v) is 2.88. The molecule has 1 aliphatic rings. The third kappa shape index (κ3) is 1.52. The van der Waals surface area contributed by atoms with Crippen molar-refractivity contribution < 1.29 is 19.1 Å². The smallest absolute Gasteiger partial charge is 0.373 e. The summed E-state index contributed by atoms with van der Waals surface area (Å²) in [5, 5.41) is 8.64.